The number of carbonyl (C=O) groups excluding carboxylic acids is 2. The predicted octanol–water partition coefficient (Wildman–Crippen LogP) is 5.90. The van der Waals surface area contributed by atoms with Crippen LogP contribution in [0.25, 0.3) is 22.2 Å². The number of nitrogens with one attached hydrogen (secondary N) is 2. The summed E-state index contributed by atoms with van der Waals surface area (Å²) in [4.78, 5) is 46.2. The minimum Gasteiger partial charge on any atom is -0.444 e. The fourth-order valence-corrected chi connectivity index (χ4v) is 5.32. The van der Waals surface area contributed by atoms with E-state index >= 15 is 4.39 Å². The molecule has 1 fully saturated rings. The lowest BCUT2D eigenvalue weighted by Gasteiger charge is -2.26. The van der Waals surface area contributed by atoms with Gasteiger partial charge in [0.25, 0.3) is 0 Å². The van der Waals surface area contributed by atoms with E-state index in [1.807, 2.05) is 43.9 Å². The summed E-state index contributed by atoms with van der Waals surface area (Å²) in [6, 6.07) is 4.06. The van der Waals surface area contributed by atoms with E-state index in [2.05, 4.69) is 24.7 Å². The van der Waals surface area contributed by atoms with Crippen molar-refractivity contribution in [2.75, 3.05) is 49.4 Å². The number of benzene rings is 1. The summed E-state index contributed by atoms with van der Waals surface area (Å²) in [6.07, 6.45) is 6.75. The van der Waals surface area contributed by atoms with Crippen LogP contribution in [0.2, 0.25) is 0 Å². The van der Waals surface area contributed by atoms with Gasteiger partial charge >= 0.3 is 6.09 Å². The van der Waals surface area contributed by atoms with Crippen molar-refractivity contribution in [2.24, 2.45) is 0 Å². The summed E-state index contributed by atoms with van der Waals surface area (Å²) in [6.45, 7) is 10.5. The van der Waals surface area contributed by atoms with Gasteiger partial charge in [-0.1, -0.05) is 6.92 Å². The molecule has 0 saturated carbocycles. The first-order valence-corrected chi connectivity index (χ1v) is 15.4. The van der Waals surface area contributed by atoms with Crippen LogP contribution in [0.15, 0.2) is 43.0 Å². The Kier molecular flexibility index (Phi) is 9.53. The normalized spacial score (nSPS) is 14.1. The van der Waals surface area contributed by atoms with E-state index in [0.29, 0.717) is 60.8 Å². The number of hydrogen-bond acceptors (Lipinski definition) is 10. The predicted molar refractivity (Wildman–Crippen MR) is 171 cm³/mol. The van der Waals surface area contributed by atoms with Gasteiger partial charge in [0.15, 0.2) is 5.82 Å². The van der Waals surface area contributed by atoms with Gasteiger partial charge in [-0.3, -0.25) is 4.79 Å². The van der Waals surface area contributed by atoms with Crippen LogP contribution < -0.4 is 9.62 Å². The fraction of sp³-hybridized carbons (Fsp3) is 0.387. The fourth-order valence-electron chi connectivity index (χ4n) is 4.77. The van der Waals surface area contributed by atoms with E-state index in [1.165, 1.54) is 12.3 Å². The maximum atomic E-state index is 15.4. The van der Waals surface area contributed by atoms with Crippen LogP contribution in [0.1, 0.15) is 50.0 Å². The van der Waals surface area contributed by atoms with E-state index in [9.17, 15) is 14.0 Å². The van der Waals surface area contributed by atoms with Gasteiger partial charge in [0.05, 0.1) is 11.3 Å². The van der Waals surface area contributed by atoms with E-state index in [1.54, 1.807) is 29.6 Å². The smallest absolute Gasteiger partial charge is 0.410 e. The third kappa shape index (κ3) is 7.34. The summed E-state index contributed by atoms with van der Waals surface area (Å²) < 4.78 is 40.4. The van der Waals surface area contributed by atoms with Crippen LogP contribution in [-0.2, 0) is 4.74 Å². The number of pyridine rings is 1. The van der Waals surface area contributed by atoms with Gasteiger partial charge in [0, 0.05) is 91.7 Å². The number of aromatic amines is 1. The molecule has 14 heteroatoms. The first kappa shape index (κ1) is 32.1. The molecule has 11 nitrogen and oxygen atoms in total. The van der Waals surface area contributed by atoms with Crippen molar-refractivity contribution in [1.29, 1.82) is 0 Å². The number of ketones is 1. The first-order chi connectivity index (χ1) is 21.4. The van der Waals surface area contributed by atoms with Gasteiger partial charge in [-0.15, -0.1) is 0 Å². The second kappa shape index (κ2) is 13.4. The molecule has 45 heavy (non-hydrogen) atoms. The molecule has 1 amide bonds. The summed E-state index contributed by atoms with van der Waals surface area (Å²) in [5.74, 6) is -2.20. The number of aromatic nitrogens is 4. The first-order valence-electron chi connectivity index (χ1n) is 14.6. The van der Waals surface area contributed by atoms with E-state index in [-0.39, 0.29) is 17.3 Å². The Hall–Kier alpha value is -4.30. The van der Waals surface area contributed by atoms with Crippen LogP contribution >= 0.6 is 12.1 Å². The van der Waals surface area contributed by atoms with Gasteiger partial charge in [-0.25, -0.2) is 32.8 Å². The number of nitrogens with zero attached hydrogens (tertiary/aromatic N) is 6. The van der Waals surface area contributed by atoms with Crippen molar-refractivity contribution in [3.8, 4) is 11.1 Å². The Morgan fingerprint density at radius 1 is 1.07 bits per heavy atom. The third-order valence-corrected chi connectivity index (χ3v) is 8.13. The molecule has 1 aromatic carbocycles. The van der Waals surface area contributed by atoms with Gasteiger partial charge < -0.3 is 24.2 Å². The molecule has 0 unspecified atom stereocenters. The second-order valence-corrected chi connectivity index (χ2v) is 12.7. The van der Waals surface area contributed by atoms with E-state index in [0.717, 1.165) is 24.6 Å². The minimum absolute atomic E-state index is 0.00269. The number of halogens is 2. The highest BCUT2D eigenvalue weighted by molar-refractivity contribution is 7.98. The van der Waals surface area contributed by atoms with Gasteiger partial charge in [0.1, 0.15) is 17.1 Å². The lowest BCUT2D eigenvalue weighted by atomic mass is 10.0. The molecule has 3 aromatic heterocycles. The maximum absolute atomic E-state index is 15.4. The summed E-state index contributed by atoms with van der Waals surface area (Å²) in [5.41, 5.74) is 0.555. The van der Waals surface area contributed by atoms with Crippen molar-refractivity contribution in [2.45, 2.75) is 39.7 Å². The molecule has 0 aliphatic carbocycles. The number of anilines is 2. The standard InChI is InChI=1S/C31H36F2N8O3S/c1-6-39(5)45-38-24-9-8-23(32)25(26(24)33)27(42)22-18-35-28-21(22)14-19(15-34-28)20-16-36-29(37-17-20)40-10-7-11-41(13-12-40)30(43)44-31(2,3)4/h8-9,14-18,38H,6-7,10-13H2,1-5H3,(H,34,35). The number of ether oxygens (including phenoxy) is 1. The highest BCUT2D eigenvalue weighted by Crippen LogP contribution is 2.30. The van der Waals surface area contributed by atoms with Crippen LogP contribution in [0.5, 0.6) is 0 Å². The van der Waals surface area contributed by atoms with Crippen LogP contribution in [0.3, 0.4) is 0 Å². The Labute approximate surface area is 264 Å². The van der Waals surface area contributed by atoms with Crippen molar-refractivity contribution in [3.05, 3.63) is 65.7 Å². The molecule has 1 saturated heterocycles. The number of carbonyl (C=O) groups is 2. The molecule has 1 aliphatic rings. The summed E-state index contributed by atoms with van der Waals surface area (Å²) >= 11 is 1.14. The third-order valence-electron chi connectivity index (χ3n) is 7.25. The lowest BCUT2D eigenvalue weighted by Crippen LogP contribution is -2.39. The van der Waals surface area contributed by atoms with Crippen LogP contribution in [0, 0.1) is 11.6 Å². The molecule has 238 valence electrons. The molecule has 0 bridgehead atoms. The van der Waals surface area contributed by atoms with Gasteiger partial charge in [-0.05, 0) is 52.4 Å². The molecule has 2 N–H and O–H groups in total. The van der Waals surface area contributed by atoms with E-state index in [4.69, 9.17) is 4.74 Å². The Morgan fingerprint density at radius 2 is 1.80 bits per heavy atom. The quantitative estimate of drug-likeness (QED) is 0.178. The largest absolute Gasteiger partial charge is 0.444 e. The maximum Gasteiger partial charge on any atom is 0.410 e. The zero-order valence-corrected chi connectivity index (χ0v) is 26.7. The Morgan fingerprint density at radius 3 is 2.51 bits per heavy atom. The van der Waals surface area contributed by atoms with Crippen LogP contribution in [0.4, 0.5) is 25.2 Å². The molecule has 0 spiro atoms. The summed E-state index contributed by atoms with van der Waals surface area (Å²) in [5, 5.41) is 0.411. The molecular formula is C31H36F2N8O3S. The van der Waals surface area contributed by atoms with Crippen molar-refractivity contribution < 1.29 is 23.1 Å². The number of hydrogen-bond donors (Lipinski definition) is 2. The number of H-pyrrole nitrogens is 1. The average molecular weight is 639 g/mol. The van der Waals surface area contributed by atoms with Gasteiger partial charge in [0.2, 0.25) is 11.7 Å². The highest BCUT2D eigenvalue weighted by Gasteiger charge is 2.26. The molecule has 5 rings (SSSR count). The Balaban J connectivity index is 1.34. The number of rotatable bonds is 8. The second-order valence-electron chi connectivity index (χ2n) is 11.7. The minimum atomic E-state index is -0.970. The molecule has 0 atom stereocenters. The zero-order chi connectivity index (χ0) is 32.3. The molecule has 0 radical (unpaired) electrons. The Bertz CT molecular complexity index is 1690. The number of fused-ring (bicyclic) bond motifs is 1. The highest BCUT2D eigenvalue weighted by atomic mass is 32.2. The lowest BCUT2D eigenvalue weighted by molar-refractivity contribution is 0.0263. The number of amides is 1. The van der Waals surface area contributed by atoms with Gasteiger partial charge in [-0.2, -0.15) is 0 Å². The molecule has 4 aromatic rings. The van der Waals surface area contributed by atoms with Crippen molar-refractivity contribution in [3.63, 3.8) is 0 Å². The van der Waals surface area contributed by atoms with E-state index < -0.39 is 28.6 Å². The molecule has 4 heterocycles. The molecular weight excluding hydrogens is 602 g/mol. The summed E-state index contributed by atoms with van der Waals surface area (Å²) in [7, 11) is 1.82. The zero-order valence-electron chi connectivity index (χ0n) is 25.9. The average Bonchev–Trinajstić information content (AvgIpc) is 3.27. The van der Waals surface area contributed by atoms with Crippen molar-refractivity contribution in [1.82, 2.24) is 29.1 Å². The van der Waals surface area contributed by atoms with Crippen molar-refractivity contribution >= 4 is 46.7 Å². The SMILES string of the molecule is CCN(C)SNc1ccc(F)c(C(=O)c2c[nH]c3ncc(-c4cnc(N5CCCN(C(=O)OC(C)(C)C)CC5)nc4)cc23)c1F. The molecule has 1 aliphatic heterocycles. The monoisotopic (exact) mass is 638 g/mol. The van der Waals surface area contributed by atoms with Crippen LogP contribution in [-0.4, -0.2) is 86.4 Å². The topological polar surface area (TPSA) is 120 Å².